The molecule has 1 amide bonds. The van der Waals surface area contributed by atoms with E-state index in [0.29, 0.717) is 30.5 Å². The van der Waals surface area contributed by atoms with Gasteiger partial charge in [0.25, 0.3) is 5.91 Å². The highest BCUT2D eigenvalue weighted by molar-refractivity contribution is 5.92. The van der Waals surface area contributed by atoms with Crippen LogP contribution in [0.1, 0.15) is 36.2 Å². The van der Waals surface area contributed by atoms with Crippen LogP contribution in [0, 0.1) is 5.92 Å². The Morgan fingerprint density at radius 3 is 2.63 bits per heavy atom. The first-order valence-corrected chi connectivity index (χ1v) is 6.83. The molecule has 0 bridgehead atoms. The number of piperidine rings is 1. The minimum Gasteiger partial charge on any atom is -0.390 e. The molecular formula is C14H19N3O2. The van der Waals surface area contributed by atoms with Gasteiger partial charge in [-0.1, -0.05) is 6.07 Å². The van der Waals surface area contributed by atoms with Crippen LogP contribution in [0.4, 0.5) is 5.82 Å². The summed E-state index contributed by atoms with van der Waals surface area (Å²) in [5, 5.41) is 10.1. The summed E-state index contributed by atoms with van der Waals surface area (Å²) in [7, 11) is 0. The van der Waals surface area contributed by atoms with Gasteiger partial charge < -0.3 is 15.7 Å². The Labute approximate surface area is 112 Å². The van der Waals surface area contributed by atoms with E-state index in [-0.39, 0.29) is 5.91 Å². The summed E-state index contributed by atoms with van der Waals surface area (Å²) in [4.78, 5) is 18.1. The van der Waals surface area contributed by atoms with Crippen LogP contribution in [0.15, 0.2) is 18.2 Å². The molecule has 0 unspecified atom stereocenters. The van der Waals surface area contributed by atoms with E-state index in [9.17, 15) is 9.90 Å². The molecule has 5 heteroatoms. The maximum absolute atomic E-state index is 12.3. The number of pyridine rings is 1. The number of anilines is 1. The van der Waals surface area contributed by atoms with E-state index in [0.717, 1.165) is 25.7 Å². The zero-order chi connectivity index (χ0) is 13.5. The third-order valence-corrected chi connectivity index (χ3v) is 4.29. The third kappa shape index (κ3) is 2.42. The van der Waals surface area contributed by atoms with Crippen molar-refractivity contribution in [1.29, 1.82) is 0 Å². The summed E-state index contributed by atoms with van der Waals surface area (Å²) < 4.78 is 0. The summed E-state index contributed by atoms with van der Waals surface area (Å²) in [6, 6.07) is 5.11. The molecule has 0 spiro atoms. The lowest BCUT2D eigenvalue weighted by molar-refractivity contribution is 0.0338. The number of aromatic nitrogens is 1. The molecule has 1 aliphatic heterocycles. The first kappa shape index (κ1) is 12.4. The zero-order valence-electron chi connectivity index (χ0n) is 10.9. The summed E-state index contributed by atoms with van der Waals surface area (Å²) in [6.45, 7) is 1.39. The number of likely N-dealkylation sites (tertiary alicyclic amines) is 1. The standard InChI is InChI=1S/C14H19N3O2/c15-12-3-1-2-11(16-12)13(18)17-8-4-10(5-9-17)14(19)6-7-14/h1-3,10,19H,4-9H2,(H2,15,16). The van der Waals surface area contributed by atoms with Gasteiger partial charge in [-0.15, -0.1) is 0 Å². The van der Waals surface area contributed by atoms with E-state index in [1.165, 1.54) is 0 Å². The maximum Gasteiger partial charge on any atom is 0.272 e. The van der Waals surface area contributed by atoms with Crippen LogP contribution in [0.25, 0.3) is 0 Å². The second kappa shape index (κ2) is 4.49. The lowest BCUT2D eigenvalue weighted by atomic mass is 9.89. The van der Waals surface area contributed by atoms with Crippen molar-refractivity contribution in [2.24, 2.45) is 5.92 Å². The van der Waals surface area contributed by atoms with Crippen molar-refractivity contribution in [3.8, 4) is 0 Å². The highest BCUT2D eigenvalue weighted by Crippen LogP contribution is 2.46. The number of hydrogen-bond donors (Lipinski definition) is 2. The predicted octanol–water partition coefficient (Wildman–Crippen LogP) is 1.04. The second-order valence-electron chi connectivity index (χ2n) is 5.62. The molecule has 19 heavy (non-hydrogen) atoms. The summed E-state index contributed by atoms with van der Waals surface area (Å²) in [5.74, 6) is 0.659. The molecule has 2 fully saturated rings. The van der Waals surface area contributed by atoms with Gasteiger partial charge in [-0.2, -0.15) is 0 Å². The van der Waals surface area contributed by atoms with Crippen LogP contribution in [0.3, 0.4) is 0 Å². The third-order valence-electron chi connectivity index (χ3n) is 4.29. The molecule has 102 valence electrons. The van der Waals surface area contributed by atoms with Crippen molar-refractivity contribution < 1.29 is 9.90 Å². The van der Waals surface area contributed by atoms with Crippen molar-refractivity contribution in [3.63, 3.8) is 0 Å². The van der Waals surface area contributed by atoms with Gasteiger partial charge in [0.2, 0.25) is 0 Å². The van der Waals surface area contributed by atoms with Gasteiger partial charge in [0.1, 0.15) is 11.5 Å². The summed E-state index contributed by atoms with van der Waals surface area (Å²) in [5.41, 5.74) is 5.58. The first-order chi connectivity index (χ1) is 9.08. The number of carbonyl (C=O) groups excluding carboxylic acids is 1. The van der Waals surface area contributed by atoms with Crippen LogP contribution >= 0.6 is 0 Å². The number of rotatable bonds is 2. The minimum atomic E-state index is -0.426. The van der Waals surface area contributed by atoms with E-state index < -0.39 is 5.60 Å². The first-order valence-electron chi connectivity index (χ1n) is 6.83. The zero-order valence-corrected chi connectivity index (χ0v) is 10.9. The average molecular weight is 261 g/mol. The molecule has 1 aromatic rings. The van der Waals surface area contributed by atoms with Gasteiger partial charge in [-0.25, -0.2) is 4.98 Å². The van der Waals surface area contributed by atoms with Crippen molar-refractivity contribution in [2.45, 2.75) is 31.3 Å². The minimum absolute atomic E-state index is 0.0615. The molecule has 5 nitrogen and oxygen atoms in total. The van der Waals surface area contributed by atoms with Gasteiger partial charge in [-0.3, -0.25) is 4.79 Å². The van der Waals surface area contributed by atoms with E-state index >= 15 is 0 Å². The topological polar surface area (TPSA) is 79.5 Å². The van der Waals surface area contributed by atoms with Crippen LogP contribution in [-0.4, -0.2) is 39.6 Å². The number of nitrogens with two attached hydrogens (primary N) is 1. The number of aliphatic hydroxyl groups is 1. The molecular weight excluding hydrogens is 242 g/mol. The fourth-order valence-electron chi connectivity index (χ4n) is 2.89. The molecule has 2 aliphatic rings. The van der Waals surface area contributed by atoms with Crippen molar-refractivity contribution in [1.82, 2.24) is 9.88 Å². The molecule has 1 saturated carbocycles. The molecule has 1 aliphatic carbocycles. The lowest BCUT2D eigenvalue weighted by Crippen LogP contribution is -2.42. The number of nitrogens with zero attached hydrogens (tertiary/aromatic N) is 2. The normalized spacial score (nSPS) is 22.3. The Morgan fingerprint density at radius 2 is 2.05 bits per heavy atom. The van der Waals surface area contributed by atoms with Gasteiger partial charge >= 0.3 is 0 Å². The molecule has 3 N–H and O–H groups in total. The molecule has 0 atom stereocenters. The monoisotopic (exact) mass is 261 g/mol. The van der Waals surface area contributed by atoms with Gasteiger partial charge in [0, 0.05) is 13.1 Å². The molecule has 2 heterocycles. The van der Waals surface area contributed by atoms with Crippen LogP contribution < -0.4 is 5.73 Å². The van der Waals surface area contributed by atoms with Gasteiger partial charge in [0.05, 0.1) is 5.60 Å². The molecule has 3 rings (SSSR count). The number of carbonyl (C=O) groups is 1. The fourth-order valence-corrected chi connectivity index (χ4v) is 2.89. The largest absolute Gasteiger partial charge is 0.390 e. The molecule has 1 saturated heterocycles. The Morgan fingerprint density at radius 1 is 1.37 bits per heavy atom. The van der Waals surface area contributed by atoms with Crippen LogP contribution in [0.5, 0.6) is 0 Å². The summed E-state index contributed by atoms with van der Waals surface area (Å²) >= 11 is 0. The summed E-state index contributed by atoms with van der Waals surface area (Å²) in [6.07, 6.45) is 3.60. The van der Waals surface area contributed by atoms with E-state index in [1.54, 1.807) is 18.2 Å². The van der Waals surface area contributed by atoms with Crippen molar-refractivity contribution >= 4 is 11.7 Å². The Kier molecular flexibility index (Phi) is 2.93. The van der Waals surface area contributed by atoms with E-state index in [1.807, 2.05) is 4.90 Å². The fraction of sp³-hybridized carbons (Fsp3) is 0.571. The molecule has 0 aromatic carbocycles. The number of hydrogen-bond acceptors (Lipinski definition) is 4. The van der Waals surface area contributed by atoms with Crippen molar-refractivity contribution in [2.75, 3.05) is 18.8 Å². The maximum atomic E-state index is 12.3. The van der Waals surface area contributed by atoms with Crippen LogP contribution in [-0.2, 0) is 0 Å². The number of amides is 1. The average Bonchev–Trinajstić information content (AvgIpc) is 3.17. The molecule has 1 aromatic heterocycles. The highest BCUT2D eigenvalue weighted by Gasteiger charge is 2.48. The Hall–Kier alpha value is -1.62. The van der Waals surface area contributed by atoms with E-state index in [2.05, 4.69) is 4.98 Å². The van der Waals surface area contributed by atoms with Gasteiger partial charge in [-0.05, 0) is 43.7 Å². The predicted molar refractivity (Wildman–Crippen MR) is 71.5 cm³/mol. The van der Waals surface area contributed by atoms with Crippen LogP contribution in [0.2, 0.25) is 0 Å². The number of nitrogen functional groups attached to an aromatic ring is 1. The van der Waals surface area contributed by atoms with E-state index in [4.69, 9.17) is 5.73 Å². The Bertz CT molecular complexity index is 491. The highest BCUT2D eigenvalue weighted by atomic mass is 16.3. The Balaban J connectivity index is 1.63. The van der Waals surface area contributed by atoms with Gasteiger partial charge in [0.15, 0.2) is 0 Å². The quantitative estimate of drug-likeness (QED) is 0.833. The van der Waals surface area contributed by atoms with Crippen molar-refractivity contribution in [3.05, 3.63) is 23.9 Å². The second-order valence-corrected chi connectivity index (χ2v) is 5.62. The smallest absolute Gasteiger partial charge is 0.272 e. The molecule has 0 radical (unpaired) electrons. The lowest BCUT2D eigenvalue weighted by Gasteiger charge is -2.34. The SMILES string of the molecule is Nc1cccc(C(=O)N2CCC(C3(O)CC3)CC2)n1.